The van der Waals surface area contributed by atoms with E-state index in [9.17, 15) is 0 Å². The molecule has 310 valence electrons. The van der Waals surface area contributed by atoms with E-state index in [0.29, 0.717) is 29.6 Å². The zero-order chi connectivity index (χ0) is 40.7. The normalized spacial score (nSPS) is 20.2. The average molecular weight is 787 g/mol. The Bertz CT molecular complexity index is 1760. The summed E-state index contributed by atoms with van der Waals surface area (Å²) in [4.78, 5) is 48.1. The van der Waals surface area contributed by atoms with Crippen LogP contribution in [0.2, 0.25) is 0 Å². The summed E-state index contributed by atoms with van der Waals surface area (Å²) in [6, 6.07) is 0. The van der Waals surface area contributed by atoms with Crippen LogP contribution in [0.25, 0.3) is 0 Å². The van der Waals surface area contributed by atoms with Gasteiger partial charge in [-0.05, 0) is 43.9 Å². The molecule has 4 heterocycles. The first kappa shape index (κ1) is 42.6. The second-order valence-corrected chi connectivity index (χ2v) is 15.6. The molecule has 20 heteroatoms. The molecule has 0 amide bonds. The van der Waals surface area contributed by atoms with Crippen LogP contribution in [0.15, 0.2) is 0 Å². The van der Waals surface area contributed by atoms with E-state index in [2.05, 4.69) is 66.7 Å². The van der Waals surface area contributed by atoms with Crippen LogP contribution in [0.1, 0.15) is 164 Å². The van der Waals surface area contributed by atoms with Gasteiger partial charge in [-0.2, -0.15) is 59.8 Å². The van der Waals surface area contributed by atoms with E-state index >= 15 is 0 Å². The van der Waals surface area contributed by atoms with Gasteiger partial charge in [-0.3, -0.25) is 0 Å². The van der Waals surface area contributed by atoms with Crippen LogP contribution in [0.4, 0.5) is 47.6 Å². The number of aromatic nitrogens is 12. The highest BCUT2D eigenvalue weighted by molar-refractivity contribution is 5.29. The molecule has 2 atom stereocenters. The van der Waals surface area contributed by atoms with Crippen molar-refractivity contribution in [3.63, 3.8) is 0 Å². The molecule has 0 aliphatic heterocycles. The minimum Gasteiger partial charge on any atom is -0.368 e. The lowest BCUT2D eigenvalue weighted by atomic mass is 9.80. The number of anilines is 8. The number of nitrogens with zero attached hydrogens (tertiary/aromatic N) is 12. The number of rotatable bonds is 5. The van der Waals surface area contributed by atoms with E-state index in [1.807, 2.05) is 0 Å². The number of nitrogen functional groups attached to an aromatic ring is 8. The summed E-state index contributed by atoms with van der Waals surface area (Å²) >= 11 is 0. The van der Waals surface area contributed by atoms with E-state index in [4.69, 9.17) is 45.9 Å². The summed E-state index contributed by atoms with van der Waals surface area (Å²) < 4.78 is 0. The van der Waals surface area contributed by atoms with Crippen molar-refractivity contribution in [2.45, 2.75) is 147 Å². The van der Waals surface area contributed by atoms with E-state index in [1.54, 1.807) is 0 Å². The van der Waals surface area contributed by atoms with Gasteiger partial charge in [-0.1, -0.05) is 90.4 Å². The van der Waals surface area contributed by atoms with Crippen LogP contribution in [0.5, 0.6) is 0 Å². The van der Waals surface area contributed by atoms with Gasteiger partial charge < -0.3 is 45.9 Å². The van der Waals surface area contributed by atoms with Crippen LogP contribution in [-0.2, 0) is 6.42 Å². The Morgan fingerprint density at radius 2 is 0.667 bits per heavy atom. The third kappa shape index (κ3) is 13.9. The number of hydrogen-bond acceptors (Lipinski definition) is 20. The molecule has 0 aromatic carbocycles. The topological polar surface area (TPSA) is 363 Å². The molecule has 2 unspecified atom stereocenters. The van der Waals surface area contributed by atoms with Crippen molar-refractivity contribution < 1.29 is 0 Å². The van der Waals surface area contributed by atoms with E-state index in [0.717, 1.165) is 61.8 Å². The molecule has 4 saturated carbocycles. The Morgan fingerprint density at radius 3 is 1.07 bits per heavy atom. The maximum Gasteiger partial charge on any atom is 0.225 e. The van der Waals surface area contributed by atoms with Gasteiger partial charge in [0.15, 0.2) is 0 Å². The molecule has 8 rings (SSSR count). The van der Waals surface area contributed by atoms with Crippen LogP contribution < -0.4 is 45.9 Å². The minimum absolute atomic E-state index is 0.230. The first-order valence-corrected chi connectivity index (χ1v) is 20.5. The lowest BCUT2D eigenvalue weighted by molar-refractivity contribution is 0.320. The highest BCUT2D eigenvalue weighted by Crippen LogP contribution is 2.36. The Balaban J connectivity index is 0.000000145. The lowest BCUT2D eigenvalue weighted by Gasteiger charge is -2.27. The molecule has 0 bridgehead atoms. The number of nitrogens with two attached hydrogens (primary N) is 8. The largest absolute Gasteiger partial charge is 0.368 e. The molecule has 16 N–H and O–H groups in total. The molecule has 4 aliphatic carbocycles. The molecule has 4 aliphatic rings. The smallest absolute Gasteiger partial charge is 0.225 e. The van der Waals surface area contributed by atoms with Crippen molar-refractivity contribution in [3.8, 4) is 0 Å². The van der Waals surface area contributed by atoms with E-state index in [1.165, 1.54) is 83.5 Å². The maximum atomic E-state index is 5.57. The SMILES string of the molecule is CC1CCCCC1c1nc(N)nc(N)n1.Nc1nc(N)nc(C2CCCC2)n1.Nc1nc(N)nc(C2CCCCC2)n1.Nc1nc(N)nc(CC2CCCCC2)n1. The zero-order valence-electron chi connectivity index (χ0n) is 33.3. The van der Waals surface area contributed by atoms with Crippen molar-refractivity contribution in [1.82, 2.24) is 59.8 Å². The standard InChI is InChI=1S/2C10H17N5.C9H15N5.C8H13N5/c1-6-4-2-3-5-7(6)8-13-9(11)15-10(12)14-8;11-9-13-8(14-10(12)15-9)6-7-4-2-1-3-5-7;10-8-12-7(13-9(11)14-8)6-4-2-1-3-5-6;9-7-11-6(12-8(10)13-7)5-3-1-2-4-5/h6-7H,2-5H2,1H3,(H4,11,12,13,14,15);7H,1-6H2,(H4,11,12,13,14,15);6H,1-5H2,(H4,10,11,12,13,14);5H,1-4H2,(H4,9,10,11,12,13). The molecular weight excluding hydrogens is 725 g/mol. The average Bonchev–Trinajstić information content (AvgIpc) is 3.71. The summed E-state index contributed by atoms with van der Waals surface area (Å²) in [6.07, 6.45) is 23.2. The van der Waals surface area contributed by atoms with Crippen molar-refractivity contribution in [3.05, 3.63) is 23.3 Å². The molecule has 0 saturated heterocycles. The Labute approximate surface area is 334 Å². The van der Waals surface area contributed by atoms with Gasteiger partial charge in [0, 0.05) is 24.2 Å². The first-order chi connectivity index (χ1) is 27.4. The third-order valence-corrected chi connectivity index (χ3v) is 11.1. The molecule has 4 aromatic rings. The van der Waals surface area contributed by atoms with Gasteiger partial charge in [-0.25, -0.2) is 0 Å². The molecule has 4 aromatic heterocycles. The molecule has 0 radical (unpaired) electrons. The Hall–Kier alpha value is -5.56. The zero-order valence-corrected chi connectivity index (χ0v) is 33.3. The first-order valence-electron chi connectivity index (χ1n) is 20.5. The van der Waals surface area contributed by atoms with Gasteiger partial charge in [-0.15, -0.1) is 0 Å². The van der Waals surface area contributed by atoms with Crippen molar-refractivity contribution in [2.75, 3.05) is 45.9 Å². The molecule has 57 heavy (non-hydrogen) atoms. The van der Waals surface area contributed by atoms with Gasteiger partial charge in [0.05, 0.1) is 0 Å². The summed E-state index contributed by atoms with van der Waals surface area (Å²) in [6.45, 7) is 2.24. The second kappa shape index (κ2) is 21.1. The fraction of sp³-hybridized carbons (Fsp3) is 0.676. The van der Waals surface area contributed by atoms with E-state index < -0.39 is 0 Å². The maximum absolute atomic E-state index is 5.57. The molecule has 0 spiro atoms. The summed E-state index contributed by atoms with van der Waals surface area (Å²) in [5, 5.41) is 0. The summed E-state index contributed by atoms with van der Waals surface area (Å²) in [5.41, 5.74) is 44.2. The van der Waals surface area contributed by atoms with Crippen molar-refractivity contribution in [1.29, 1.82) is 0 Å². The minimum atomic E-state index is 0.230. The quantitative estimate of drug-likeness (QED) is 0.140. The molecule has 20 nitrogen and oxygen atoms in total. The Kier molecular flexibility index (Phi) is 15.8. The van der Waals surface area contributed by atoms with Crippen molar-refractivity contribution >= 4 is 47.6 Å². The van der Waals surface area contributed by atoms with Gasteiger partial charge in [0.25, 0.3) is 0 Å². The van der Waals surface area contributed by atoms with Crippen LogP contribution in [-0.4, -0.2) is 59.8 Å². The van der Waals surface area contributed by atoms with Gasteiger partial charge in [0.2, 0.25) is 47.6 Å². The monoisotopic (exact) mass is 787 g/mol. The van der Waals surface area contributed by atoms with Crippen LogP contribution in [0.3, 0.4) is 0 Å². The van der Waals surface area contributed by atoms with Gasteiger partial charge >= 0.3 is 0 Å². The lowest BCUT2D eigenvalue weighted by Crippen LogP contribution is -2.19. The fourth-order valence-electron chi connectivity index (χ4n) is 8.25. The van der Waals surface area contributed by atoms with Crippen LogP contribution >= 0.6 is 0 Å². The summed E-state index contributed by atoms with van der Waals surface area (Å²) in [7, 11) is 0. The summed E-state index contributed by atoms with van der Waals surface area (Å²) in [5.74, 6) is 7.47. The highest BCUT2D eigenvalue weighted by Gasteiger charge is 2.26. The van der Waals surface area contributed by atoms with E-state index in [-0.39, 0.29) is 47.6 Å². The number of hydrogen-bond donors (Lipinski definition) is 8. The molecule has 4 fully saturated rings. The third-order valence-electron chi connectivity index (χ3n) is 11.1. The van der Waals surface area contributed by atoms with Crippen LogP contribution in [0, 0.1) is 11.8 Å². The van der Waals surface area contributed by atoms with Crippen molar-refractivity contribution in [2.24, 2.45) is 11.8 Å². The highest BCUT2D eigenvalue weighted by atomic mass is 15.2. The predicted octanol–water partition coefficient (Wildman–Crippen LogP) is 4.27. The second-order valence-electron chi connectivity index (χ2n) is 15.6. The predicted molar refractivity (Wildman–Crippen MR) is 222 cm³/mol. The fourth-order valence-corrected chi connectivity index (χ4v) is 8.25. The van der Waals surface area contributed by atoms with Gasteiger partial charge in [0.1, 0.15) is 23.3 Å². The Morgan fingerprint density at radius 1 is 0.351 bits per heavy atom. The molecular formula is C37H62N20.